The van der Waals surface area contributed by atoms with E-state index in [9.17, 15) is 9.59 Å². The minimum absolute atomic E-state index is 0.186. The third-order valence-corrected chi connectivity index (χ3v) is 6.07. The third-order valence-electron chi connectivity index (χ3n) is 6.07. The Hall–Kier alpha value is -4.83. The van der Waals surface area contributed by atoms with Crippen molar-refractivity contribution in [2.45, 2.75) is 13.8 Å². The quantitative estimate of drug-likeness (QED) is 0.217. The molecule has 2 amide bonds. The first-order valence-corrected chi connectivity index (χ1v) is 12.4. The summed E-state index contributed by atoms with van der Waals surface area (Å²) in [7, 11) is 1.57. The maximum atomic E-state index is 15.2. The molecule has 0 fully saturated rings. The Kier molecular flexibility index (Phi) is 8.47. The predicted octanol–water partition coefficient (Wildman–Crippen LogP) is 4.43. The molecule has 0 saturated carbocycles. The molecule has 0 aliphatic rings. The van der Waals surface area contributed by atoms with E-state index in [1.807, 2.05) is 19.9 Å². The van der Waals surface area contributed by atoms with Crippen LogP contribution in [0.3, 0.4) is 0 Å². The van der Waals surface area contributed by atoms with Crippen LogP contribution in [0, 0.1) is 19.7 Å². The SMILES string of the molecule is CNC(=O)c1ccc(-c2cc(F)c(Nc3ncc(C)c(Nc4ccccc4C(=O)NCCN)n3)cc2C)cc1. The first-order valence-electron chi connectivity index (χ1n) is 12.4. The summed E-state index contributed by atoms with van der Waals surface area (Å²) in [5.74, 6) is -0.263. The topological polar surface area (TPSA) is 134 Å². The van der Waals surface area contributed by atoms with Crippen molar-refractivity contribution >= 4 is 35.0 Å². The molecule has 0 aliphatic heterocycles. The molecular weight excluding hydrogens is 497 g/mol. The molecule has 4 aromatic rings. The standard InChI is InChI=1S/C29H30FN7O2/c1-17-14-25(23(30)15-22(17)19-8-10-20(11-9-19)27(38)32-3)36-29-34-16-18(2)26(37-29)35-24-7-5-4-6-21(24)28(39)33-13-12-31/h4-11,14-16H,12-13,31H2,1-3H3,(H,32,38)(H,33,39)(H2,34,35,36,37). The number of hydrogen-bond acceptors (Lipinski definition) is 7. The van der Waals surface area contributed by atoms with E-state index in [1.165, 1.54) is 6.07 Å². The Morgan fingerprint density at radius 1 is 0.923 bits per heavy atom. The number of aromatic nitrogens is 2. The minimum Gasteiger partial charge on any atom is -0.355 e. The van der Waals surface area contributed by atoms with E-state index in [0.717, 1.165) is 16.7 Å². The summed E-state index contributed by atoms with van der Waals surface area (Å²) < 4.78 is 15.2. The zero-order chi connectivity index (χ0) is 27.9. The average Bonchev–Trinajstić information content (AvgIpc) is 2.95. The van der Waals surface area contributed by atoms with Crippen LogP contribution in [0.2, 0.25) is 0 Å². The van der Waals surface area contributed by atoms with Crippen LogP contribution in [-0.2, 0) is 0 Å². The smallest absolute Gasteiger partial charge is 0.253 e. The van der Waals surface area contributed by atoms with Crippen LogP contribution in [0.1, 0.15) is 31.8 Å². The van der Waals surface area contributed by atoms with Gasteiger partial charge in [-0.2, -0.15) is 4.98 Å². The highest BCUT2D eigenvalue weighted by Crippen LogP contribution is 2.30. The van der Waals surface area contributed by atoms with Crippen molar-refractivity contribution in [1.29, 1.82) is 0 Å². The first kappa shape index (κ1) is 27.2. The second-order valence-corrected chi connectivity index (χ2v) is 8.87. The molecule has 0 radical (unpaired) electrons. The highest BCUT2D eigenvalue weighted by Gasteiger charge is 2.15. The van der Waals surface area contributed by atoms with Crippen molar-refractivity contribution in [2.24, 2.45) is 5.73 Å². The van der Waals surface area contributed by atoms with E-state index < -0.39 is 5.82 Å². The average molecular weight is 528 g/mol. The lowest BCUT2D eigenvalue weighted by atomic mass is 9.98. The second kappa shape index (κ2) is 12.1. The molecule has 1 heterocycles. The van der Waals surface area contributed by atoms with Gasteiger partial charge in [-0.25, -0.2) is 9.37 Å². The highest BCUT2D eigenvalue weighted by molar-refractivity contribution is 6.00. The number of benzene rings is 3. The molecule has 0 saturated heterocycles. The number of anilines is 4. The van der Waals surface area contributed by atoms with Gasteiger partial charge in [0.2, 0.25) is 5.95 Å². The Morgan fingerprint density at radius 2 is 1.67 bits per heavy atom. The Morgan fingerprint density at radius 3 is 2.38 bits per heavy atom. The third kappa shape index (κ3) is 6.36. The van der Waals surface area contributed by atoms with Crippen LogP contribution in [-0.4, -0.2) is 41.9 Å². The molecule has 0 aliphatic carbocycles. The maximum Gasteiger partial charge on any atom is 0.253 e. The Balaban J connectivity index is 1.57. The van der Waals surface area contributed by atoms with Gasteiger partial charge in [-0.05, 0) is 66.9 Å². The number of nitrogens with one attached hydrogen (secondary N) is 4. The Bertz CT molecular complexity index is 1510. The number of rotatable bonds is 9. The number of nitrogens with two attached hydrogens (primary N) is 1. The molecule has 10 heteroatoms. The van der Waals surface area contributed by atoms with Crippen LogP contribution in [0.4, 0.5) is 27.5 Å². The number of carbonyl (C=O) groups is 2. The summed E-state index contributed by atoms with van der Waals surface area (Å²) in [5.41, 5.74) is 10.3. The number of amides is 2. The highest BCUT2D eigenvalue weighted by atomic mass is 19.1. The van der Waals surface area contributed by atoms with Crippen LogP contribution in [0.15, 0.2) is 66.9 Å². The van der Waals surface area contributed by atoms with Crippen molar-refractivity contribution in [3.8, 4) is 11.1 Å². The molecule has 9 nitrogen and oxygen atoms in total. The number of hydrogen-bond donors (Lipinski definition) is 5. The number of aryl methyl sites for hydroxylation is 2. The number of halogens is 1. The first-order chi connectivity index (χ1) is 18.8. The van der Waals surface area contributed by atoms with E-state index >= 15 is 4.39 Å². The molecule has 0 bridgehead atoms. The summed E-state index contributed by atoms with van der Waals surface area (Å²) in [6, 6.07) is 17.2. The van der Waals surface area contributed by atoms with E-state index in [4.69, 9.17) is 5.73 Å². The summed E-state index contributed by atoms with van der Waals surface area (Å²) in [6.45, 7) is 4.40. The summed E-state index contributed by atoms with van der Waals surface area (Å²) in [6.07, 6.45) is 1.61. The van der Waals surface area contributed by atoms with Crippen LogP contribution in [0.5, 0.6) is 0 Å². The van der Waals surface area contributed by atoms with Gasteiger partial charge in [0.05, 0.1) is 16.9 Å². The van der Waals surface area contributed by atoms with Crippen molar-refractivity contribution in [2.75, 3.05) is 30.8 Å². The molecule has 6 N–H and O–H groups in total. The van der Waals surface area contributed by atoms with Gasteiger partial charge in [-0.1, -0.05) is 24.3 Å². The molecule has 0 atom stereocenters. The normalized spacial score (nSPS) is 10.6. The van der Waals surface area contributed by atoms with Crippen molar-refractivity contribution in [3.05, 3.63) is 94.9 Å². The summed E-state index contributed by atoms with van der Waals surface area (Å²) in [4.78, 5) is 33.2. The number of carbonyl (C=O) groups excluding carboxylic acids is 2. The van der Waals surface area contributed by atoms with Gasteiger partial charge in [0, 0.05) is 37.5 Å². The van der Waals surface area contributed by atoms with E-state index in [0.29, 0.717) is 41.3 Å². The zero-order valence-electron chi connectivity index (χ0n) is 21.9. The van der Waals surface area contributed by atoms with Crippen LogP contribution < -0.4 is 27.0 Å². The molecule has 3 aromatic carbocycles. The molecule has 39 heavy (non-hydrogen) atoms. The van der Waals surface area contributed by atoms with Crippen molar-refractivity contribution in [1.82, 2.24) is 20.6 Å². The van der Waals surface area contributed by atoms with Gasteiger partial charge in [-0.15, -0.1) is 0 Å². The molecular formula is C29H30FN7O2. The minimum atomic E-state index is -0.480. The summed E-state index contributed by atoms with van der Waals surface area (Å²) >= 11 is 0. The fourth-order valence-corrected chi connectivity index (χ4v) is 3.98. The van der Waals surface area contributed by atoms with Gasteiger partial charge in [0.25, 0.3) is 11.8 Å². The molecule has 200 valence electrons. The van der Waals surface area contributed by atoms with Gasteiger partial charge in [0.1, 0.15) is 11.6 Å². The van der Waals surface area contributed by atoms with Crippen LogP contribution >= 0.6 is 0 Å². The van der Waals surface area contributed by atoms with Gasteiger partial charge >= 0.3 is 0 Å². The predicted molar refractivity (Wildman–Crippen MR) is 151 cm³/mol. The lowest BCUT2D eigenvalue weighted by Gasteiger charge is -2.15. The maximum absolute atomic E-state index is 15.2. The van der Waals surface area contributed by atoms with Crippen molar-refractivity contribution in [3.63, 3.8) is 0 Å². The van der Waals surface area contributed by atoms with Crippen molar-refractivity contribution < 1.29 is 14.0 Å². The monoisotopic (exact) mass is 527 g/mol. The number of nitrogens with zero attached hydrogens (tertiary/aromatic N) is 2. The Labute approximate surface area is 226 Å². The van der Waals surface area contributed by atoms with Gasteiger partial charge in [-0.3, -0.25) is 9.59 Å². The second-order valence-electron chi connectivity index (χ2n) is 8.87. The number of para-hydroxylation sites is 1. The molecule has 4 rings (SSSR count). The van der Waals surface area contributed by atoms with Gasteiger partial charge in [0.15, 0.2) is 0 Å². The lowest BCUT2D eigenvalue weighted by molar-refractivity contribution is 0.0950. The van der Waals surface area contributed by atoms with E-state index in [1.54, 1.807) is 61.8 Å². The fourth-order valence-electron chi connectivity index (χ4n) is 3.98. The van der Waals surface area contributed by atoms with E-state index in [-0.39, 0.29) is 23.5 Å². The lowest BCUT2D eigenvalue weighted by Crippen LogP contribution is -2.29. The van der Waals surface area contributed by atoms with E-state index in [2.05, 4.69) is 31.2 Å². The fraction of sp³-hybridized carbons (Fsp3) is 0.172. The zero-order valence-corrected chi connectivity index (χ0v) is 21.9. The molecule has 0 spiro atoms. The largest absolute Gasteiger partial charge is 0.355 e. The molecule has 1 aromatic heterocycles. The van der Waals surface area contributed by atoms with Gasteiger partial charge < -0.3 is 27.0 Å². The summed E-state index contributed by atoms with van der Waals surface area (Å²) in [5, 5.41) is 11.5. The van der Waals surface area contributed by atoms with Crippen LogP contribution in [0.25, 0.3) is 11.1 Å². The molecule has 0 unspecified atom stereocenters.